The van der Waals surface area contributed by atoms with Crippen LogP contribution in [0.1, 0.15) is 37.7 Å². The summed E-state index contributed by atoms with van der Waals surface area (Å²) < 4.78 is 23.9. The van der Waals surface area contributed by atoms with Crippen LogP contribution in [0.15, 0.2) is 29.4 Å². The largest absolute Gasteiger partial charge is 0.335 e. The van der Waals surface area contributed by atoms with Crippen molar-refractivity contribution in [3.05, 3.63) is 29.8 Å². The lowest BCUT2D eigenvalue weighted by Gasteiger charge is -2.34. The maximum Gasteiger partial charge on any atom is 0.233 e. The zero-order chi connectivity index (χ0) is 20.4. The third-order valence-electron chi connectivity index (χ3n) is 5.72. The summed E-state index contributed by atoms with van der Waals surface area (Å²) in [5, 5.41) is 7.68. The standard InChI is InChI=1S/C20H26N4O3S2/c1-14-6-8-15(9-7-14)19-21-20(23-22-19)28-12-18(25)24(16-4-2-3-5-16)17-10-11-29(26,27)13-17/h6-9,16-17H,2-5,10-13H2,1H3,(H,21,22,23)/t17-/m1/s1. The van der Waals surface area contributed by atoms with Crippen LogP contribution in [0.4, 0.5) is 0 Å². The summed E-state index contributed by atoms with van der Waals surface area (Å²) in [7, 11) is -3.03. The molecule has 7 nitrogen and oxygen atoms in total. The first-order chi connectivity index (χ1) is 13.9. The number of sulfone groups is 1. The van der Waals surface area contributed by atoms with Gasteiger partial charge < -0.3 is 4.90 Å². The SMILES string of the molecule is Cc1ccc(-c2nc(SCC(=O)N(C3CCCC3)[C@@H]3CCS(=O)(=O)C3)n[nH]2)cc1. The van der Waals surface area contributed by atoms with Gasteiger partial charge in [-0.1, -0.05) is 54.4 Å². The first-order valence-electron chi connectivity index (χ1n) is 10.0. The number of aryl methyl sites for hydroxylation is 1. The number of nitrogens with zero attached hydrogens (tertiary/aromatic N) is 3. The molecule has 4 rings (SSSR count). The Morgan fingerprint density at radius 2 is 1.90 bits per heavy atom. The fourth-order valence-electron chi connectivity index (χ4n) is 4.23. The number of thioether (sulfide) groups is 1. The van der Waals surface area contributed by atoms with Gasteiger partial charge >= 0.3 is 0 Å². The molecule has 2 aliphatic rings. The van der Waals surface area contributed by atoms with E-state index in [1.165, 1.54) is 17.3 Å². The lowest BCUT2D eigenvalue weighted by molar-refractivity contribution is -0.132. The first-order valence-corrected chi connectivity index (χ1v) is 12.9. The molecule has 1 aliphatic heterocycles. The summed E-state index contributed by atoms with van der Waals surface area (Å²) in [6.45, 7) is 2.03. The highest BCUT2D eigenvalue weighted by atomic mass is 32.2. The van der Waals surface area contributed by atoms with Crippen LogP contribution >= 0.6 is 11.8 Å². The normalized spacial score (nSPS) is 21.5. The van der Waals surface area contributed by atoms with Gasteiger partial charge in [0.25, 0.3) is 0 Å². The quantitative estimate of drug-likeness (QED) is 0.703. The van der Waals surface area contributed by atoms with Crippen molar-refractivity contribution < 1.29 is 13.2 Å². The predicted octanol–water partition coefficient (Wildman–Crippen LogP) is 2.83. The molecule has 1 amide bonds. The summed E-state index contributed by atoms with van der Waals surface area (Å²) in [6, 6.07) is 7.98. The highest BCUT2D eigenvalue weighted by molar-refractivity contribution is 7.99. The number of H-pyrrole nitrogens is 1. The molecule has 0 bridgehead atoms. The van der Waals surface area contributed by atoms with Gasteiger partial charge in [0.2, 0.25) is 11.1 Å². The van der Waals surface area contributed by atoms with Crippen molar-refractivity contribution in [3.63, 3.8) is 0 Å². The Labute approximate surface area is 175 Å². The fourth-order valence-corrected chi connectivity index (χ4v) is 6.61. The van der Waals surface area contributed by atoms with Gasteiger partial charge in [0.05, 0.1) is 17.3 Å². The zero-order valence-corrected chi connectivity index (χ0v) is 18.1. The zero-order valence-electron chi connectivity index (χ0n) is 16.5. The van der Waals surface area contributed by atoms with Gasteiger partial charge in [-0.25, -0.2) is 13.4 Å². The second-order valence-electron chi connectivity index (χ2n) is 7.92. The molecule has 2 aromatic rings. The molecule has 0 spiro atoms. The number of aromatic amines is 1. The molecule has 1 saturated heterocycles. The maximum atomic E-state index is 13.1. The fraction of sp³-hybridized carbons (Fsp3) is 0.550. The molecule has 1 atom stereocenters. The van der Waals surface area contributed by atoms with E-state index in [1.54, 1.807) is 0 Å². The van der Waals surface area contributed by atoms with Gasteiger partial charge in [-0.15, -0.1) is 5.10 Å². The van der Waals surface area contributed by atoms with Crippen molar-refractivity contribution in [2.45, 2.75) is 56.3 Å². The Kier molecular flexibility index (Phi) is 5.96. The number of aromatic nitrogens is 3. The lowest BCUT2D eigenvalue weighted by atomic mass is 10.1. The average molecular weight is 435 g/mol. The average Bonchev–Trinajstić information content (AvgIpc) is 3.43. The van der Waals surface area contributed by atoms with Crippen molar-refractivity contribution in [1.82, 2.24) is 20.1 Å². The second-order valence-corrected chi connectivity index (χ2v) is 11.1. The van der Waals surface area contributed by atoms with Crippen molar-refractivity contribution in [1.29, 1.82) is 0 Å². The Morgan fingerprint density at radius 1 is 1.17 bits per heavy atom. The summed E-state index contributed by atoms with van der Waals surface area (Å²) in [4.78, 5) is 19.4. The third kappa shape index (κ3) is 4.83. The van der Waals surface area contributed by atoms with Crippen LogP contribution < -0.4 is 0 Å². The highest BCUT2D eigenvalue weighted by Gasteiger charge is 2.38. The van der Waals surface area contributed by atoms with E-state index in [-0.39, 0.29) is 35.2 Å². The van der Waals surface area contributed by atoms with Gasteiger partial charge in [-0.05, 0) is 26.2 Å². The van der Waals surface area contributed by atoms with Crippen molar-refractivity contribution in [2.24, 2.45) is 0 Å². The van der Waals surface area contributed by atoms with Crippen molar-refractivity contribution >= 4 is 27.5 Å². The van der Waals surface area contributed by atoms with Crippen LogP contribution in [0.25, 0.3) is 11.4 Å². The monoisotopic (exact) mass is 434 g/mol. The van der Waals surface area contributed by atoms with E-state index < -0.39 is 9.84 Å². The third-order valence-corrected chi connectivity index (χ3v) is 8.30. The van der Waals surface area contributed by atoms with E-state index in [9.17, 15) is 13.2 Å². The van der Waals surface area contributed by atoms with Crippen LogP contribution in [0, 0.1) is 6.92 Å². The second kappa shape index (κ2) is 8.47. The minimum absolute atomic E-state index is 0.00862. The van der Waals surface area contributed by atoms with Gasteiger partial charge in [-0.3, -0.25) is 9.89 Å². The molecule has 1 aliphatic carbocycles. The van der Waals surface area contributed by atoms with E-state index in [1.807, 2.05) is 36.1 Å². The van der Waals surface area contributed by atoms with E-state index in [0.717, 1.165) is 31.2 Å². The topological polar surface area (TPSA) is 96.0 Å². The van der Waals surface area contributed by atoms with E-state index >= 15 is 0 Å². The molecule has 1 aromatic carbocycles. The molecule has 29 heavy (non-hydrogen) atoms. The highest BCUT2D eigenvalue weighted by Crippen LogP contribution is 2.30. The molecule has 0 unspecified atom stereocenters. The summed E-state index contributed by atoms with van der Waals surface area (Å²) in [5.41, 5.74) is 2.12. The molecule has 1 N–H and O–H groups in total. The summed E-state index contributed by atoms with van der Waals surface area (Å²) >= 11 is 1.30. The number of benzene rings is 1. The Hall–Kier alpha value is -1.87. The lowest BCUT2D eigenvalue weighted by Crippen LogP contribution is -2.47. The number of amides is 1. The molecule has 9 heteroatoms. The summed E-state index contributed by atoms with van der Waals surface area (Å²) in [5.74, 6) is 1.17. The van der Waals surface area contributed by atoms with Crippen LogP contribution in [-0.4, -0.2) is 63.7 Å². The van der Waals surface area contributed by atoms with E-state index in [0.29, 0.717) is 17.4 Å². The first kappa shape index (κ1) is 20.4. The molecule has 1 aromatic heterocycles. The molecule has 2 fully saturated rings. The molecular weight excluding hydrogens is 408 g/mol. The van der Waals surface area contributed by atoms with Crippen molar-refractivity contribution in [3.8, 4) is 11.4 Å². The Bertz CT molecular complexity index is 966. The number of carbonyl (C=O) groups excluding carboxylic acids is 1. The van der Waals surface area contributed by atoms with Crippen LogP contribution in [0.2, 0.25) is 0 Å². The van der Waals surface area contributed by atoms with E-state index in [4.69, 9.17) is 0 Å². The molecule has 2 heterocycles. The van der Waals surface area contributed by atoms with Gasteiger partial charge in [0.15, 0.2) is 15.7 Å². The number of rotatable bonds is 6. The van der Waals surface area contributed by atoms with Crippen LogP contribution in [-0.2, 0) is 14.6 Å². The Morgan fingerprint density at radius 3 is 2.55 bits per heavy atom. The van der Waals surface area contributed by atoms with Gasteiger partial charge in [-0.2, -0.15) is 0 Å². The Balaban J connectivity index is 1.42. The predicted molar refractivity (Wildman–Crippen MR) is 113 cm³/mol. The molecular formula is C20H26N4O3S2. The number of hydrogen-bond acceptors (Lipinski definition) is 6. The smallest absolute Gasteiger partial charge is 0.233 e. The van der Waals surface area contributed by atoms with Gasteiger partial charge in [0, 0.05) is 17.6 Å². The maximum absolute atomic E-state index is 13.1. The molecule has 0 radical (unpaired) electrons. The van der Waals surface area contributed by atoms with Crippen molar-refractivity contribution in [2.75, 3.05) is 17.3 Å². The minimum Gasteiger partial charge on any atom is -0.335 e. The summed E-state index contributed by atoms with van der Waals surface area (Å²) in [6.07, 6.45) is 4.67. The number of nitrogens with one attached hydrogen (secondary N) is 1. The minimum atomic E-state index is -3.03. The van der Waals surface area contributed by atoms with Gasteiger partial charge in [0.1, 0.15) is 0 Å². The van der Waals surface area contributed by atoms with Crippen LogP contribution in [0.5, 0.6) is 0 Å². The molecule has 1 saturated carbocycles. The van der Waals surface area contributed by atoms with Crippen LogP contribution in [0.3, 0.4) is 0 Å². The molecule has 156 valence electrons. The number of hydrogen-bond donors (Lipinski definition) is 1. The number of carbonyl (C=O) groups is 1. The van der Waals surface area contributed by atoms with E-state index in [2.05, 4.69) is 15.2 Å².